The second kappa shape index (κ2) is 16.5. The molecule has 0 atom stereocenters. The van der Waals surface area contributed by atoms with Gasteiger partial charge in [-0.1, -0.05) is 164 Å². The Labute approximate surface area is 349 Å². The van der Waals surface area contributed by atoms with Crippen LogP contribution in [0, 0.1) is 32.9 Å². The van der Waals surface area contributed by atoms with Crippen molar-refractivity contribution in [3.8, 4) is 33.6 Å². The number of hydrogen-bond acceptors (Lipinski definition) is 3. The summed E-state index contributed by atoms with van der Waals surface area (Å²) >= 11 is 1.80. The van der Waals surface area contributed by atoms with E-state index in [0.717, 1.165) is 33.6 Å². The number of fused-ring (bicyclic) bond motifs is 4. The molecule has 0 saturated carbocycles. The Hall–Kier alpha value is -4.25. The zero-order chi connectivity index (χ0) is 40.2. The zero-order valence-electron chi connectivity index (χ0n) is 35.5. The van der Waals surface area contributed by atoms with E-state index in [0.29, 0.717) is 0 Å². The van der Waals surface area contributed by atoms with E-state index < -0.39 is 19.9 Å². The van der Waals surface area contributed by atoms with E-state index in [2.05, 4.69) is 124 Å². The standard InChI is InChI=1S/C29H26NS.C21H24NSi.Ir/c1-17(2)21-12-13-30-25(16-21)22-10-11-24(27-19(4)14-18(3)15-20(27)5)28-23-8-6-7-9-26(23)31-29(22)28;1-15(2)19-13-20(22-14-21(19)23(3,4)5)18-11-10-16-8-6-7-9-17(16)12-18;/h6-9,11-17H,1-5H3;6-10,12-15H,1-5H3;/q2*-1;/i17D;15D;. The van der Waals surface area contributed by atoms with Crippen molar-refractivity contribution in [2.75, 3.05) is 0 Å². The van der Waals surface area contributed by atoms with Crippen LogP contribution in [-0.4, -0.2) is 18.0 Å². The number of thiophene rings is 1. The molecule has 0 bridgehead atoms. The number of aryl methyl sites for hydroxylation is 3. The predicted molar refractivity (Wildman–Crippen MR) is 238 cm³/mol. The number of rotatable bonds is 6. The fraction of sp³-hybridized carbons (Fsp3) is 0.240. The van der Waals surface area contributed by atoms with Crippen LogP contribution < -0.4 is 5.19 Å². The Morgan fingerprint density at radius 1 is 0.727 bits per heavy atom. The van der Waals surface area contributed by atoms with Gasteiger partial charge in [0, 0.05) is 39.9 Å². The minimum Gasteiger partial charge on any atom is -0.305 e. The summed E-state index contributed by atoms with van der Waals surface area (Å²) in [7, 11) is -1.55. The number of nitrogens with zero attached hydrogens (tertiary/aromatic N) is 2. The summed E-state index contributed by atoms with van der Waals surface area (Å²) in [6.07, 6.45) is 3.81. The molecule has 3 heterocycles. The summed E-state index contributed by atoms with van der Waals surface area (Å²) in [4.78, 5) is 9.40. The van der Waals surface area contributed by atoms with Crippen molar-refractivity contribution in [2.24, 2.45) is 0 Å². The molecule has 0 N–H and O–H groups in total. The first kappa shape index (κ1) is 37.7. The third-order valence-electron chi connectivity index (χ3n) is 10.2. The molecule has 0 aliphatic heterocycles. The van der Waals surface area contributed by atoms with Crippen molar-refractivity contribution in [3.05, 3.63) is 149 Å². The molecule has 0 aliphatic rings. The van der Waals surface area contributed by atoms with Gasteiger partial charge in [0.1, 0.15) is 0 Å². The maximum absolute atomic E-state index is 8.57. The number of hydrogen-bond donors (Lipinski definition) is 0. The topological polar surface area (TPSA) is 25.8 Å². The second-order valence-electron chi connectivity index (χ2n) is 15.9. The maximum atomic E-state index is 8.57. The smallest absolute Gasteiger partial charge is 0.0799 e. The van der Waals surface area contributed by atoms with Gasteiger partial charge in [0.05, 0.1) is 8.07 Å². The van der Waals surface area contributed by atoms with E-state index in [9.17, 15) is 0 Å². The van der Waals surface area contributed by atoms with E-state index in [1.165, 1.54) is 63.9 Å². The first-order valence-corrected chi connectivity index (χ1v) is 23.0. The van der Waals surface area contributed by atoms with E-state index >= 15 is 0 Å². The van der Waals surface area contributed by atoms with Crippen molar-refractivity contribution in [2.45, 2.75) is 79.9 Å². The van der Waals surface area contributed by atoms with Gasteiger partial charge in [-0.05, 0) is 71.4 Å². The molecule has 55 heavy (non-hydrogen) atoms. The van der Waals surface area contributed by atoms with Crippen LogP contribution in [0.2, 0.25) is 19.6 Å². The second-order valence-corrected chi connectivity index (χ2v) is 22.0. The molecule has 0 unspecified atom stereocenters. The van der Waals surface area contributed by atoms with Crippen molar-refractivity contribution in [1.82, 2.24) is 9.97 Å². The molecular weight excluding hydrogens is 881 g/mol. The van der Waals surface area contributed by atoms with Crippen LogP contribution in [0.25, 0.3) is 64.6 Å². The van der Waals surface area contributed by atoms with Crippen molar-refractivity contribution < 1.29 is 22.8 Å². The first-order chi connectivity index (χ1) is 26.4. The van der Waals surface area contributed by atoms with Gasteiger partial charge in [-0.2, -0.15) is 11.3 Å². The summed E-state index contributed by atoms with van der Waals surface area (Å²) in [5, 5.41) is 6.18. The molecule has 8 rings (SSSR count). The summed E-state index contributed by atoms with van der Waals surface area (Å²) in [6.45, 7) is 21.2. The van der Waals surface area contributed by atoms with Gasteiger partial charge in [-0.15, -0.1) is 46.8 Å². The average Bonchev–Trinajstić information content (AvgIpc) is 3.53. The Morgan fingerprint density at radius 2 is 1.42 bits per heavy atom. The van der Waals surface area contributed by atoms with Crippen LogP contribution >= 0.6 is 11.3 Å². The van der Waals surface area contributed by atoms with E-state index in [1.807, 2.05) is 70.4 Å². The SMILES string of the molecule is [2H]C(C)(C)c1cc(-c2[c-]cc3ccccc3c2)ncc1[Si](C)(C)C.[2H]C(C)(C)c1ccnc(-c2[c-]cc(-c3c(C)cc(C)cc3C)c3c2sc2ccccc23)c1.[Ir]. The molecule has 0 fully saturated rings. The average molecular weight is 933 g/mol. The molecule has 5 aromatic carbocycles. The van der Waals surface area contributed by atoms with E-state index in [-0.39, 0.29) is 20.1 Å². The van der Waals surface area contributed by atoms with E-state index in [1.54, 1.807) is 11.3 Å². The molecule has 0 aliphatic carbocycles. The van der Waals surface area contributed by atoms with Crippen molar-refractivity contribution in [3.63, 3.8) is 0 Å². The van der Waals surface area contributed by atoms with Crippen LogP contribution in [0.4, 0.5) is 0 Å². The van der Waals surface area contributed by atoms with Crippen LogP contribution in [0.5, 0.6) is 0 Å². The van der Waals surface area contributed by atoms with Crippen LogP contribution in [0.15, 0.2) is 109 Å². The molecule has 8 aromatic rings. The Morgan fingerprint density at radius 3 is 2.11 bits per heavy atom. The summed E-state index contributed by atoms with van der Waals surface area (Å²) in [6, 6.07) is 40.8. The normalized spacial score (nSPS) is 12.5. The molecule has 0 saturated heterocycles. The molecule has 281 valence electrons. The van der Waals surface area contributed by atoms with Gasteiger partial charge in [-0.25, -0.2) is 0 Å². The monoisotopic (exact) mass is 933 g/mol. The fourth-order valence-electron chi connectivity index (χ4n) is 7.53. The molecular formula is C50H50IrN2SSi-2. The molecule has 0 amide bonds. The third-order valence-corrected chi connectivity index (χ3v) is 13.4. The van der Waals surface area contributed by atoms with Crippen molar-refractivity contribution in [1.29, 1.82) is 0 Å². The molecule has 3 aromatic heterocycles. The zero-order valence-corrected chi connectivity index (χ0v) is 37.7. The molecule has 5 heteroatoms. The Bertz CT molecular complexity index is 2730. The minimum absolute atomic E-state index is 0. The number of benzene rings is 5. The largest absolute Gasteiger partial charge is 0.305 e. The van der Waals surface area contributed by atoms with Crippen molar-refractivity contribution >= 4 is 55.5 Å². The summed E-state index contributed by atoms with van der Waals surface area (Å²) < 4.78 is 19.5. The van der Waals surface area contributed by atoms with Gasteiger partial charge in [0.2, 0.25) is 0 Å². The van der Waals surface area contributed by atoms with Gasteiger partial charge in [0.25, 0.3) is 0 Å². The number of pyridine rings is 2. The van der Waals surface area contributed by atoms with Gasteiger partial charge >= 0.3 is 0 Å². The molecule has 2 nitrogen and oxygen atoms in total. The third kappa shape index (κ3) is 8.32. The molecule has 0 spiro atoms. The Kier molecular flexibility index (Phi) is 11.3. The van der Waals surface area contributed by atoms with Crippen LogP contribution in [0.1, 0.15) is 70.0 Å². The minimum atomic E-state index is -1.55. The van der Waals surface area contributed by atoms with E-state index in [4.69, 9.17) is 7.73 Å². The summed E-state index contributed by atoms with van der Waals surface area (Å²) in [5.41, 5.74) is 12.2. The Balaban J connectivity index is 0.000000197. The predicted octanol–water partition coefficient (Wildman–Crippen LogP) is 14.0. The fourth-order valence-corrected chi connectivity index (χ4v) is 10.3. The van der Waals surface area contributed by atoms with Gasteiger partial charge < -0.3 is 9.97 Å². The summed E-state index contributed by atoms with van der Waals surface area (Å²) in [5.74, 6) is -1.31. The van der Waals surface area contributed by atoms with Gasteiger partial charge in [0.15, 0.2) is 0 Å². The first-order valence-electron chi connectivity index (χ1n) is 19.7. The quantitative estimate of drug-likeness (QED) is 0.123. The van der Waals surface area contributed by atoms with Gasteiger partial charge in [-0.3, -0.25) is 0 Å². The van der Waals surface area contributed by atoms with Crippen LogP contribution in [-0.2, 0) is 20.1 Å². The maximum Gasteiger partial charge on any atom is 0.0799 e. The molecule has 1 radical (unpaired) electrons. The number of aromatic nitrogens is 2. The van der Waals surface area contributed by atoms with Crippen LogP contribution in [0.3, 0.4) is 0 Å².